The minimum atomic E-state index is -4.79. The van der Waals surface area contributed by atoms with Gasteiger partial charge in [-0.25, -0.2) is 0 Å². The maximum absolute atomic E-state index is 12.8. The molecule has 1 amide bonds. The van der Waals surface area contributed by atoms with Crippen molar-refractivity contribution in [2.45, 2.75) is 23.7 Å². The second-order valence-electron chi connectivity index (χ2n) is 7.41. The zero-order valence-electron chi connectivity index (χ0n) is 17.7. The summed E-state index contributed by atoms with van der Waals surface area (Å²) in [5, 5.41) is 2.89. The van der Waals surface area contributed by atoms with Gasteiger partial charge in [-0.1, -0.05) is 24.3 Å². The predicted molar refractivity (Wildman–Crippen MR) is 126 cm³/mol. The third-order valence-corrected chi connectivity index (χ3v) is 6.12. The summed E-state index contributed by atoms with van der Waals surface area (Å²) in [5.74, 6) is -0.542. The number of hydrogen-bond acceptors (Lipinski definition) is 4. The highest BCUT2D eigenvalue weighted by Crippen LogP contribution is 2.41. The molecule has 0 saturated heterocycles. The highest BCUT2D eigenvalue weighted by Gasteiger charge is 2.32. The Labute approximate surface area is 199 Å². The first-order chi connectivity index (χ1) is 15.3. The van der Waals surface area contributed by atoms with Gasteiger partial charge in [-0.15, -0.1) is 37.3 Å². The van der Waals surface area contributed by atoms with Crippen LogP contribution in [0.25, 0.3) is 22.4 Å². The first-order valence-electron chi connectivity index (χ1n) is 10.0. The number of carbonyl (C=O) groups is 1. The van der Waals surface area contributed by atoms with Crippen molar-refractivity contribution in [3.8, 4) is 28.1 Å². The molecule has 10 heteroatoms. The summed E-state index contributed by atoms with van der Waals surface area (Å²) in [6, 6.07) is 15.3. The van der Waals surface area contributed by atoms with Crippen LogP contribution in [0.4, 0.5) is 13.2 Å². The van der Waals surface area contributed by atoms with E-state index < -0.39 is 6.36 Å². The fraction of sp³-hybridized carbons (Fsp3) is 0.261. The molecule has 33 heavy (non-hydrogen) atoms. The van der Waals surface area contributed by atoms with Gasteiger partial charge in [0.05, 0.1) is 11.7 Å². The number of aromatic nitrogens is 1. The molecule has 0 radical (unpaired) electrons. The van der Waals surface area contributed by atoms with E-state index in [2.05, 4.69) is 10.1 Å². The quantitative estimate of drug-likeness (QED) is 0.441. The lowest BCUT2D eigenvalue weighted by Crippen LogP contribution is -2.39. The molecule has 1 aliphatic rings. The van der Waals surface area contributed by atoms with Crippen molar-refractivity contribution in [3.63, 3.8) is 0 Å². The Bertz CT molecular complexity index is 1130. The number of halogens is 4. The lowest BCUT2D eigenvalue weighted by atomic mass is 10.0. The van der Waals surface area contributed by atoms with Crippen LogP contribution in [0.3, 0.4) is 0 Å². The summed E-state index contributed by atoms with van der Waals surface area (Å²) in [7, 11) is 0. The standard InChI is InChI=1S/C23H22F3N3O2S.ClH/c1-32-18-7-5-14(6-8-18)21-19(15-3-2-4-17(11-15)31-23(24,25)26)12-20-22(30)28-13-16(9-10-27)29(20)21;/h2-8,11-12,16H,9-10,13,27H2,1H3,(H,28,30);1H/t16-;/m0./s1. The Balaban J connectivity index is 0.00000306. The molecule has 1 aromatic heterocycles. The van der Waals surface area contributed by atoms with E-state index in [0.717, 1.165) is 16.2 Å². The molecule has 2 heterocycles. The van der Waals surface area contributed by atoms with Crippen LogP contribution in [0.2, 0.25) is 0 Å². The van der Waals surface area contributed by atoms with Gasteiger partial charge >= 0.3 is 6.36 Å². The van der Waals surface area contributed by atoms with Crippen LogP contribution >= 0.6 is 24.2 Å². The third-order valence-electron chi connectivity index (χ3n) is 5.37. The predicted octanol–water partition coefficient (Wildman–Crippen LogP) is 5.50. The average Bonchev–Trinajstić information content (AvgIpc) is 3.17. The van der Waals surface area contributed by atoms with Crippen molar-refractivity contribution in [3.05, 3.63) is 60.3 Å². The molecule has 0 spiro atoms. The van der Waals surface area contributed by atoms with Gasteiger partial charge in [0, 0.05) is 17.0 Å². The Kier molecular flexibility index (Phi) is 7.66. The van der Waals surface area contributed by atoms with Crippen LogP contribution in [0.15, 0.2) is 59.5 Å². The molecule has 3 N–H and O–H groups in total. The Morgan fingerprint density at radius 2 is 1.88 bits per heavy atom. The number of hydrogen-bond donors (Lipinski definition) is 2. The molecular weight excluding hydrogens is 475 g/mol. The summed E-state index contributed by atoms with van der Waals surface area (Å²) in [6.45, 7) is 0.873. The molecule has 0 bridgehead atoms. The molecule has 0 aliphatic carbocycles. The molecule has 3 aromatic rings. The third kappa shape index (κ3) is 5.31. The van der Waals surface area contributed by atoms with Crippen molar-refractivity contribution < 1.29 is 22.7 Å². The summed E-state index contributed by atoms with van der Waals surface area (Å²) in [4.78, 5) is 13.8. The highest BCUT2D eigenvalue weighted by molar-refractivity contribution is 7.98. The lowest BCUT2D eigenvalue weighted by molar-refractivity contribution is -0.274. The van der Waals surface area contributed by atoms with Crippen LogP contribution in [0.5, 0.6) is 5.75 Å². The van der Waals surface area contributed by atoms with E-state index in [1.807, 2.05) is 35.1 Å². The molecule has 1 atom stereocenters. The van der Waals surface area contributed by atoms with Gasteiger partial charge in [0.2, 0.25) is 0 Å². The average molecular weight is 498 g/mol. The Morgan fingerprint density at radius 1 is 1.15 bits per heavy atom. The summed E-state index contributed by atoms with van der Waals surface area (Å²) in [5.41, 5.74) is 9.09. The van der Waals surface area contributed by atoms with Crippen LogP contribution < -0.4 is 15.8 Å². The van der Waals surface area contributed by atoms with E-state index in [0.29, 0.717) is 36.3 Å². The van der Waals surface area contributed by atoms with Crippen molar-refractivity contribution in [2.75, 3.05) is 19.3 Å². The molecule has 176 valence electrons. The molecular formula is C23H23ClF3N3O2S. The van der Waals surface area contributed by atoms with Crippen molar-refractivity contribution in [2.24, 2.45) is 5.73 Å². The second kappa shape index (κ2) is 10.1. The number of thioether (sulfide) groups is 1. The van der Waals surface area contributed by atoms with Crippen molar-refractivity contribution in [1.29, 1.82) is 0 Å². The zero-order valence-corrected chi connectivity index (χ0v) is 19.3. The molecule has 0 unspecified atom stereocenters. The minimum absolute atomic E-state index is 0. The topological polar surface area (TPSA) is 69.3 Å². The monoisotopic (exact) mass is 497 g/mol. The summed E-state index contributed by atoms with van der Waals surface area (Å²) >= 11 is 1.61. The number of benzene rings is 2. The van der Waals surface area contributed by atoms with Gasteiger partial charge in [-0.3, -0.25) is 4.79 Å². The van der Waals surface area contributed by atoms with Gasteiger partial charge in [0.25, 0.3) is 5.91 Å². The second-order valence-corrected chi connectivity index (χ2v) is 8.29. The van der Waals surface area contributed by atoms with Gasteiger partial charge in [0.1, 0.15) is 11.4 Å². The zero-order chi connectivity index (χ0) is 22.9. The van der Waals surface area contributed by atoms with Crippen LogP contribution in [-0.4, -0.2) is 36.2 Å². The van der Waals surface area contributed by atoms with E-state index in [4.69, 9.17) is 5.73 Å². The first kappa shape index (κ1) is 25.0. The van der Waals surface area contributed by atoms with Crippen molar-refractivity contribution in [1.82, 2.24) is 9.88 Å². The van der Waals surface area contributed by atoms with E-state index in [9.17, 15) is 18.0 Å². The molecule has 1 aliphatic heterocycles. The Hall–Kier alpha value is -2.62. The minimum Gasteiger partial charge on any atom is -0.406 e. The fourth-order valence-corrected chi connectivity index (χ4v) is 4.43. The van der Waals surface area contributed by atoms with E-state index >= 15 is 0 Å². The normalized spacial score (nSPS) is 15.4. The van der Waals surface area contributed by atoms with Crippen LogP contribution in [-0.2, 0) is 0 Å². The molecule has 4 rings (SSSR count). The van der Waals surface area contributed by atoms with Gasteiger partial charge in [0.15, 0.2) is 0 Å². The van der Waals surface area contributed by atoms with E-state index in [1.54, 1.807) is 23.9 Å². The SMILES string of the molecule is CSc1ccc(-c2c(-c3cccc(OC(F)(F)F)c3)cc3n2[C@@H](CCN)CNC3=O)cc1.Cl. The number of alkyl halides is 3. The number of carbonyl (C=O) groups excluding carboxylic acids is 1. The molecule has 0 fully saturated rings. The lowest BCUT2D eigenvalue weighted by Gasteiger charge is -2.28. The number of fused-ring (bicyclic) bond motifs is 1. The Morgan fingerprint density at radius 3 is 2.52 bits per heavy atom. The maximum Gasteiger partial charge on any atom is 0.573 e. The fourth-order valence-electron chi connectivity index (χ4n) is 4.02. The maximum atomic E-state index is 12.8. The number of amides is 1. The summed E-state index contributed by atoms with van der Waals surface area (Å²) < 4.78 is 44.4. The van der Waals surface area contributed by atoms with Crippen molar-refractivity contribution >= 4 is 30.1 Å². The number of ether oxygens (including phenoxy) is 1. The number of rotatable bonds is 6. The van der Waals surface area contributed by atoms with E-state index in [1.165, 1.54) is 18.2 Å². The summed E-state index contributed by atoms with van der Waals surface area (Å²) in [6.07, 6.45) is -2.16. The number of nitrogens with one attached hydrogen (secondary N) is 1. The van der Waals surface area contributed by atoms with Gasteiger partial charge < -0.3 is 20.4 Å². The molecule has 5 nitrogen and oxygen atoms in total. The van der Waals surface area contributed by atoms with Gasteiger partial charge in [-0.2, -0.15) is 0 Å². The largest absolute Gasteiger partial charge is 0.573 e. The van der Waals surface area contributed by atoms with Crippen LogP contribution in [0.1, 0.15) is 23.0 Å². The molecule has 0 saturated carbocycles. The number of nitrogens with two attached hydrogens (primary N) is 1. The van der Waals surface area contributed by atoms with E-state index in [-0.39, 0.29) is 30.1 Å². The smallest absolute Gasteiger partial charge is 0.406 e. The van der Waals surface area contributed by atoms with Gasteiger partial charge in [-0.05, 0) is 60.7 Å². The van der Waals surface area contributed by atoms with Crippen LogP contribution in [0, 0.1) is 0 Å². The molecule has 2 aromatic carbocycles. The first-order valence-corrected chi connectivity index (χ1v) is 11.3. The number of nitrogens with zero attached hydrogens (tertiary/aromatic N) is 1. The highest BCUT2D eigenvalue weighted by atomic mass is 35.5.